The van der Waals surface area contributed by atoms with Crippen molar-refractivity contribution in [3.05, 3.63) is 0 Å². The lowest BCUT2D eigenvalue weighted by Crippen LogP contribution is -2.53. The Morgan fingerprint density at radius 2 is 1.63 bits per heavy atom. The molecule has 0 radical (unpaired) electrons. The van der Waals surface area contributed by atoms with Gasteiger partial charge in [0.2, 0.25) is 0 Å². The molecule has 2 unspecified atom stereocenters. The van der Waals surface area contributed by atoms with Gasteiger partial charge in [-0.2, -0.15) is 17.6 Å². The zero-order chi connectivity index (χ0) is 15.5. The second kappa shape index (κ2) is 6.83. The van der Waals surface area contributed by atoms with E-state index in [0.29, 0.717) is 0 Å². The maximum atomic E-state index is 13.1. The molecule has 0 saturated carbocycles. The normalized spacial score (nSPS) is 17.7. The minimum atomic E-state index is -5.06. The molecule has 11 heteroatoms. The van der Waals surface area contributed by atoms with E-state index in [-0.39, 0.29) is 5.88 Å². The monoisotopic (exact) mass is 370 g/mol. The van der Waals surface area contributed by atoms with Gasteiger partial charge in [-0.3, -0.25) is 4.79 Å². The number of carbonyl (C=O) groups is 1. The van der Waals surface area contributed by atoms with E-state index < -0.39 is 40.8 Å². The number of alkyl halides is 9. The van der Waals surface area contributed by atoms with Gasteiger partial charge in [-0.1, -0.05) is 11.6 Å². The van der Waals surface area contributed by atoms with Crippen LogP contribution in [0.1, 0.15) is 6.42 Å². The molecule has 0 fully saturated rings. The molecule has 19 heavy (non-hydrogen) atoms. The Kier molecular flexibility index (Phi) is 6.93. The van der Waals surface area contributed by atoms with E-state index in [4.69, 9.17) is 23.2 Å². The van der Waals surface area contributed by atoms with Crippen LogP contribution in [0.4, 0.5) is 22.0 Å². The van der Waals surface area contributed by atoms with E-state index >= 15 is 0 Å². The number of rotatable bonds is 7. The Bertz CT molecular complexity index is 321. The van der Waals surface area contributed by atoms with Crippen LogP contribution in [0.3, 0.4) is 0 Å². The minimum absolute atomic E-state index is 0.171. The molecule has 2 nitrogen and oxygen atoms in total. The summed E-state index contributed by atoms with van der Waals surface area (Å²) in [6.07, 6.45) is -0.556. The third-order valence-electron chi connectivity index (χ3n) is 1.79. The van der Waals surface area contributed by atoms with Crippen molar-refractivity contribution in [3.63, 3.8) is 0 Å². The standard InChI is InChI=1S/C8H7Cl4F5O2/c9-2-4(10)1-5(18)19-3-6(13,14)7(11,15)8(12,16)17/h4H,1-3H2. The molecule has 114 valence electrons. The summed E-state index contributed by atoms with van der Waals surface area (Å²) in [6.45, 7) is -2.01. The van der Waals surface area contributed by atoms with Crippen molar-refractivity contribution < 1.29 is 31.5 Å². The second-order valence-corrected chi connectivity index (χ2v) is 5.31. The van der Waals surface area contributed by atoms with Crippen LogP contribution in [0.25, 0.3) is 0 Å². The van der Waals surface area contributed by atoms with Gasteiger partial charge in [0, 0.05) is 5.88 Å². The molecule has 0 bridgehead atoms. The first-order valence-electron chi connectivity index (χ1n) is 4.53. The van der Waals surface area contributed by atoms with Gasteiger partial charge in [0.25, 0.3) is 0 Å². The first kappa shape index (κ1) is 19.3. The minimum Gasteiger partial charge on any atom is -0.459 e. The summed E-state index contributed by atoms with van der Waals surface area (Å²) in [5.41, 5.74) is 0. The van der Waals surface area contributed by atoms with Crippen molar-refractivity contribution in [1.82, 2.24) is 0 Å². The van der Waals surface area contributed by atoms with Crippen LogP contribution >= 0.6 is 46.4 Å². The van der Waals surface area contributed by atoms with Gasteiger partial charge in [-0.25, -0.2) is 4.39 Å². The van der Waals surface area contributed by atoms with Gasteiger partial charge in [0.05, 0.1) is 11.8 Å². The highest BCUT2D eigenvalue weighted by Crippen LogP contribution is 2.49. The summed E-state index contributed by atoms with van der Waals surface area (Å²) in [4.78, 5) is 11.0. The fourth-order valence-corrected chi connectivity index (χ4v) is 1.19. The van der Waals surface area contributed by atoms with E-state index in [0.717, 1.165) is 0 Å². The first-order chi connectivity index (χ1) is 8.35. The van der Waals surface area contributed by atoms with Crippen LogP contribution in [0.2, 0.25) is 0 Å². The predicted octanol–water partition coefficient (Wildman–Crippen LogP) is 4.14. The van der Waals surface area contributed by atoms with Gasteiger partial charge in [-0.15, -0.1) is 23.2 Å². The summed E-state index contributed by atoms with van der Waals surface area (Å²) in [5.74, 6) is -6.35. The van der Waals surface area contributed by atoms with Gasteiger partial charge >= 0.3 is 22.4 Å². The summed E-state index contributed by atoms with van der Waals surface area (Å²) >= 11 is 19.2. The lowest BCUT2D eigenvalue weighted by Gasteiger charge is -2.30. The average molecular weight is 372 g/mol. The van der Waals surface area contributed by atoms with Gasteiger partial charge in [-0.05, 0) is 11.6 Å². The molecule has 0 rings (SSSR count). The van der Waals surface area contributed by atoms with Crippen LogP contribution in [-0.2, 0) is 9.53 Å². The number of esters is 1. The van der Waals surface area contributed by atoms with E-state index in [1.54, 1.807) is 0 Å². The molecule has 0 saturated heterocycles. The number of hydrogen-bond acceptors (Lipinski definition) is 2. The van der Waals surface area contributed by atoms with E-state index in [1.165, 1.54) is 0 Å². The Labute approximate surface area is 125 Å². The predicted molar refractivity (Wildman–Crippen MR) is 61.4 cm³/mol. The zero-order valence-corrected chi connectivity index (χ0v) is 11.9. The molecule has 0 N–H and O–H groups in total. The third-order valence-corrected chi connectivity index (χ3v) is 3.50. The van der Waals surface area contributed by atoms with Crippen LogP contribution in [0, 0.1) is 0 Å². The Morgan fingerprint density at radius 1 is 1.16 bits per heavy atom. The lowest BCUT2D eigenvalue weighted by atomic mass is 10.2. The van der Waals surface area contributed by atoms with Gasteiger partial charge in [0.15, 0.2) is 6.61 Å². The van der Waals surface area contributed by atoms with Crippen molar-refractivity contribution in [3.8, 4) is 0 Å². The van der Waals surface area contributed by atoms with E-state index in [2.05, 4.69) is 27.9 Å². The Balaban J connectivity index is 4.59. The maximum absolute atomic E-state index is 13.1. The van der Waals surface area contributed by atoms with Crippen molar-refractivity contribution in [2.45, 2.75) is 28.2 Å². The first-order valence-corrected chi connectivity index (χ1v) is 6.26. The summed E-state index contributed by atoms with van der Waals surface area (Å²) in [7, 11) is 0. The van der Waals surface area contributed by atoms with Gasteiger partial charge < -0.3 is 4.74 Å². The van der Waals surface area contributed by atoms with E-state index in [9.17, 15) is 26.7 Å². The van der Waals surface area contributed by atoms with Crippen LogP contribution < -0.4 is 0 Å². The molecule has 0 aromatic heterocycles. The molecule has 0 spiro atoms. The molecule has 0 heterocycles. The smallest absolute Gasteiger partial charge is 0.375 e. The zero-order valence-electron chi connectivity index (χ0n) is 8.92. The fourth-order valence-electron chi connectivity index (χ4n) is 0.763. The number of hydrogen-bond donors (Lipinski definition) is 0. The van der Waals surface area contributed by atoms with Crippen molar-refractivity contribution in [1.29, 1.82) is 0 Å². The molecule has 0 aliphatic rings. The molecule has 0 aliphatic heterocycles. The molecule has 2 atom stereocenters. The molecular weight excluding hydrogens is 365 g/mol. The van der Waals surface area contributed by atoms with Crippen molar-refractivity contribution in [2.24, 2.45) is 0 Å². The highest BCUT2D eigenvalue weighted by molar-refractivity contribution is 6.33. The maximum Gasteiger partial charge on any atom is 0.375 e. The quantitative estimate of drug-likeness (QED) is 0.382. The Hall–Kier alpha value is 0.280. The largest absolute Gasteiger partial charge is 0.459 e. The van der Waals surface area contributed by atoms with Crippen molar-refractivity contribution in [2.75, 3.05) is 12.5 Å². The second-order valence-electron chi connectivity index (χ2n) is 3.39. The summed E-state index contributed by atoms with van der Waals surface area (Å²) in [5, 5.41) is -10.9. The lowest BCUT2D eigenvalue weighted by molar-refractivity contribution is -0.199. The average Bonchev–Trinajstić information content (AvgIpc) is 2.24. The van der Waals surface area contributed by atoms with Crippen molar-refractivity contribution >= 4 is 52.4 Å². The SMILES string of the molecule is O=C(CC(Cl)CCl)OCC(F)(F)C(F)(Cl)C(F)(F)Cl. The topological polar surface area (TPSA) is 26.3 Å². The van der Waals surface area contributed by atoms with Crippen LogP contribution in [0.5, 0.6) is 0 Å². The number of carbonyl (C=O) groups excluding carboxylic acids is 1. The molecular formula is C8H7Cl4F5O2. The molecule has 0 amide bonds. The Morgan fingerprint density at radius 3 is 2.00 bits per heavy atom. The third kappa shape index (κ3) is 5.28. The molecule has 0 aromatic rings. The summed E-state index contributed by atoms with van der Waals surface area (Å²) < 4.78 is 67.9. The number of halogens is 9. The molecule has 0 aliphatic carbocycles. The highest BCUT2D eigenvalue weighted by atomic mass is 35.5. The fraction of sp³-hybridized carbons (Fsp3) is 0.875. The van der Waals surface area contributed by atoms with Crippen LogP contribution in [0.15, 0.2) is 0 Å². The highest BCUT2D eigenvalue weighted by Gasteiger charge is 2.69. The van der Waals surface area contributed by atoms with Gasteiger partial charge in [0.1, 0.15) is 0 Å². The van der Waals surface area contributed by atoms with Crippen LogP contribution in [-0.4, -0.2) is 40.3 Å². The van der Waals surface area contributed by atoms with E-state index in [1.807, 2.05) is 0 Å². The summed E-state index contributed by atoms with van der Waals surface area (Å²) in [6, 6.07) is 0. The number of ether oxygens (including phenoxy) is 1. The molecule has 0 aromatic carbocycles.